The first-order chi connectivity index (χ1) is 12.1. The summed E-state index contributed by atoms with van der Waals surface area (Å²) in [5, 5.41) is 3.24. The average Bonchev–Trinajstić information content (AvgIpc) is 3.02. The molecule has 3 atom stereocenters. The Morgan fingerprint density at radius 2 is 1.84 bits per heavy atom. The monoisotopic (exact) mass is 357 g/mol. The van der Waals surface area contributed by atoms with Crippen molar-refractivity contribution in [3.63, 3.8) is 0 Å². The highest BCUT2D eigenvalue weighted by Crippen LogP contribution is 2.30. The van der Waals surface area contributed by atoms with E-state index in [1.807, 2.05) is 61.5 Å². The topological polar surface area (TPSA) is 47.6 Å². The summed E-state index contributed by atoms with van der Waals surface area (Å²) >= 11 is 1.69. The molecule has 1 N–H and O–H groups in total. The van der Waals surface area contributed by atoms with Crippen LogP contribution in [-0.4, -0.2) is 29.1 Å². The van der Waals surface area contributed by atoms with Gasteiger partial charge in [0, 0.05) is 17.5 Å². The second-order valence-electron chi connectivity index (χ2n) is 6.11. The number of carbonyl (C=O) groups excluding carboxylic acids is 1. The van der Waals surface area contributed by atoms with Crippen molar-refractivity contribution in [2.75, 3.05) is 11.9 Å². The predicted octanol–water partition coefficient (Wildman–Crippen LogP) is 4.72. The Morgan fingerprint density at radius 1 is 1.16 bits per heavy atom. The summed E-state index contributed by atoms with van der Waals surface area (Å²) in [5.41, 5.74) is 0.772. The number of hydrogen-bond donors (Lipinski definition) is 1. The van der Waals surface area contributed by atoms with Gasteiger partial charge in [-0.05, 0) is 56.7 Å². The van der Waals surface area contributed by atoms with Gasteiger partial charge in [0.1, 0.15) is 11.5 Å². The molecule has 0 radical (unpaired) electrons. The Bertz CT molecular complexity index is 690. The van der Waals surface area contributed by atoms with Gasteiger partial charge in [-0.25, -0.2) is 0 Å². The van der Waals surface area contributed by atoms with E-state index in [1.165, 1.54) is 0 Å². The number of anilines is 1. The number of carbonyl (C=O) groups is 1. The van der Waals surface area contributed by atoms with Crippen molar-refractivity contribution in [3.8, 4) is 11.5 Å². The van der Waals surface area contributed by atoms with Crippen LogP contribution < -0.4 is 10.1 Å². The molecular formula is C20H23NO3S. The largest absolute Gasteiger partial charge is 0.457 e. The Hall–Kier alpha value is -1.98. The van der Waals surface area contributed by atoms with Crippen LogP contribution in [0.4, 0.5) is 5.69 Å². The van der Waals surface area contributed by atoms with Gasteiger partial charge in [0.15, 0.2) is 0 Å². The quantitative estimate of drug-likeness (QED) is 0.813. The van der Waals surface area contributed by atoms with Crippen LogP contribution in [-0.2, 0) is 9.53 Å². The molecule has 1 saturated heterocycles. The van der Waals surface area contributed by atoms with Gasteiger partial charge in [-0.3, -0.25) is 4.79 Å². The number of nitrogens with one attached hydrogen (secondary N) is 1. The van der Waals surface area contributed by atoms with Crippen LogP contribution in [0.5, 0.6) is 11.5 Å². The fourth-order valence-electron chi connectivity index (χ4n) is 2.69. The van der Waals surface area contributed by atoms with Crippen molar-refractivity contribution in [2.45, 2.75) is 36.9 Å². The van der Waals surface area contributed by atoms with E-state index in [1.54, 1.807) is 11.8 Å². The van der Waals surface area contributed by atoms with Crippen molar-refractivity contribution in [3.05, 3.63) is 54.6 Å². The lowest BCUT2D eigenvalue weighted by Crippen LogP contribution is -2.26. The number of rotatable bonds is 6. The lowest BCUT2D eigenvalue weighted by Gasteiger charge is -2.18. The predicted molar refractivity (Wildman–Crippen MR) is 102 cm³/mol. The summed E-state index contributed by atoms with van der Waals surface area (Å²) in [4.78, 5) is 12.4. The lowest BCUT2D eigenvalue weighted by atomic mass is 10.2. The molecule has 25 heavy (non-hydrogen) atoms. The second-order valence-corrected chi connectivity index (χ2v) is 7.69. The number of hydrogen-bond acceptors (Lipinski definition) is 4. The van der Waals surface area contributed by atoms with Gasteiger partial charge in [-0.1, -0.05) is 18.2 Å². The summed E-state index contributed by atoms with van der Waals surface area (Å²) in [5.74, 6) is 1.54. The van der Waals surface area contributed by atoms with Gasteiger partial charge >= 0.3 is 0 Å². The van der Waals surface area contributed by atoms with Crippen LogP contribution in [0.1, 0.15) is 20.3 Å². The van der Waals surface area contributed by atoms with Crippen molar-refractivity contribution in [1.82, 2.24) is 0 Å². The molecule has 1 fully saturated rings. The zero-order valence-electron chi connectivity index (χ0n) is 14.5. The first kappa shape index (κ1) is 17.8. The molecule has 0 saturated carbocycles. The van der Waals surface area contributed by atoms with E-state index < -0.39 is 0 Å². The Labute approximate surface area is 152 Å². The highest BCUT2D eigenvalue weighted by molar-refractivity contribution is 8.01. The first-order valence-electron chi connectivity index (χ1n) is 8.53. The highest BCUT2D eigenvalue weighted by Gasteiger charge is 2.28. The van der Waals surface area contributed by atoms with Gasteiger partial charge in [-0.2, -0.15) is 0 Å². The van der Waals surface area contributed by atoms with Gasteiger partial charge in [0.05, 0.1) is 11.4 Å². The van der Waals surface area contributed by atoms with Crippen LogP contribution in [0.15, 0.2) is 54.6 Å². The number of para-hydroxylation sites is 1. The minimum atomic E-state index is -0.116. The summed E-state index contributed by atoms with van der Waals surface area (Å²) in [7, 11) is 0. The normalized spacial score (nSPS) is 20.9. The summed E-state index contributed by atoms with van der Waals surface area (Å²) in [6.07, 6.45) is 1.23. The summed E-state index contributed by atoms with van der Waals surface area (Å²) < 4.78 is 11.3. The van der Waals surface area contributed by atoms with E-state index in [-0.39, 0.29) is 17.3 Å². The third-order valence-corrected chi connectivity index (χ3v) is 5.75. The van der Waals surface area contributed by atoms with E-state index in [0.717, 1.165) is 30.2 Å². The van der Waals surface area contributed by atoms with E-state index in [0.29, 0.717) is 5.25 Å². The molecule has 0 aliphatic carbocycles. The maximum absolute atomic E-state index is 12.4. The van der Waals surface area contributed by atoms with Crippen LogP contribution in [0, 0.1) is 0 Å². The smallest absolute Gasteiger partial charge is 0.237 e. The highest BCUT2D eigenvalue weighted by atomic mass is 32.2. The minimum Gasteiger partial charge on any atom is -0.457 e. The van der Waals surface area contributed by atoms with Crippen molar-refractivity contribution >= 4 is 23.4 Å². The number of benzene rings is 2. The summed E-state index contributed by atoms with van der Waals surface area (Å²) in [6, 6.07) is 17.0. The molecule has 3 unspecified atom stereocenters. The SMILES string of the molecule is CC(SC1CCOC1C)C(=O)Nc1ccc(Oc2ccccc2)cc1. The summed E-state index contributed by atoms with van der Waals surface area (Å²) in [6.45, 7) is 4.80. The molecule has 3 rings (SSSR count). The second kappa shape index (κ2) is 8.41. The van der Waals surface area contributed by atoms with Gasteiger partial charge in [0.2, 0.25) is 5.91 Å². The Morgan fingerprint density at radius 3 is 2.48 bits per heavy atom. The van der Waals surface area contributed by atoms with Crippen molar-refractivity contribution < 1.29 is 14.3 Å². The maximum Gasteiger partial charge on any atom is 0.237 e. The number of amides is 1. The average molecular weight is 357 g/mol. The number of thioether (sulfide) groups is 1. The lowest BCUT2D eigenvalue weighted by molar-refractivity contribution is -0.115. The van der Waals surface area contributed by atoms with Gasteiger partial charge in [-0.15, -0.1) is 11.8 Å². The fourth-order valence-corrected chi connectivity index (χ4v) is 3.93. The molecule has 0 aromatic heterocycles. The minimum absolute atomic E-state index is 0.0147. The molecule has 132 valence electrons. The Balaban J connectivity index is 1.52. The van der Waals surface area contributed by atoms with Crippen LogP contribution in [0.25, 0.3) is 0 Å². The van der Waals surface area contributed by atoms with Crippen LogP contribution in [0.2, 0.25) is 0 Å². The standard InChI is InChI=1S/C20H23NO3S/c1-14-19(12-13-23-14)25-15(2)20(22)21-16-8-10-18(11-9-16)24-17-6-4-3-5-7-17/h3-11,14-15,19H,12-13H2,1-2H3,(H,21,22). The van der Waals surface area contributed by atoms with Gasteiger partial charge in [0.25, 0.3) is 0 Å². The zero-order chi connectivity index (χ0) is 17.6. The third-order valence-electron chi connectivity index (χ3n) is 4.16. The molecule has 1 amide bonds. The van der Waals surface area contributed by atoms with Crippen LogP contribution >= 0.6 is 11.8 Å². The van der Waals surface area contributed by atoms with Crippen LogP contribution in [0.3, 0.4) is 0 Å². The van der Waals surface area contributed by atoms with Gasteiger partial charge < -0.3 is 14.8 Å². The molecule has 4 nitrogen and oxygen atoms in total. The molecule has 2 aromatic rings. The van der Waals surface area contributed by atoms with E-state index >= 15 is 0 Å². The molecule has 5 heteroatoms. The molecule has 1 heterocycles. The number of ether oxygens (including phenoxy) is 2. The zero-order valence-corrected chi connectivity index (χ0v) is 15.3. The molecular weight excluding hydrogens is 334 g/mol. The maximum atomic E-state index is 12.4. The van der Waals surface area contributed by atoms with E-state index in [2.05, 4.69) is 12.2 Å². The molecule has 1 aliphatic rings. The fraction of sp³-hybridized carbons (Fsp3) is 0.350. The van der Waals surface area contributed by atoms with Crippen molar-refractivity contribution in [2.24, 2.45) is 0 Å². The third kappa shape index (κ3) is 5.00. The Kier molecular flexibility index (Phi) is 6.00. The molecule has 2 aromatic carbocycles. The molecule has 0 bridgehead atoms. The van der Waals surface area contributed by atoms with Crippen molar-refractivity contribution in [1.29, 1.82) is 0 Å². The van der Waals surface area contributed by atoms with E-state index in [9.17, 15) is 4.79 Å². The van der Waals surface area contributed by atoms with E-state index in [4.69, 9.17) is 9.47 Å². The molecule has 0 spiro atoms. The molecule has 1 aliphatic heterocycles. The first-order valence-corrected chi connectivity index (χ1v) is 9.47.